The van der Waals surface area contributed by atoms with Gasteiger partial charge < -0.3 is 10.6 Å². The largest absolute Gasteiger partial charge is 0.347 e. The van der Waals surface area contributed by atoms with E-state index in [-0.39, 0.29) is 61.1 Å². The Kier molecular flexibility index (Phi) is 6.99. The van der Waals surface area contributed by atoms with Crippen molar-refractivity contribution in [2.75, 3.05) is 0 Å². The van der Waals surface area contributed by atoms with Gasteiger partial charge in [0.25, 0.3) is 5.91 Å². The van der Waals surface area contributed by atoms with E-state index in [0.717, 1.165) is 12.8 Å². The number of imidazole rings is 1. The Morgan fingerprint density at radius 3 is 2.38 bits per heavy atom. The molecule has 3 aliphatic carbocycles. The zero-order chi connectivity index (χ0) is 28.0. The highest BCUT2D eigenvalue weighted by molar-refractivity contribution is 5.93. The molecule has 3 aromatic heterocycles. The van der Waals surface area contributed by atoms with E-state index < -0.39 is 24.0 Å². The van der Waals surface area contributed by atoms with Crippen molar-refractivity contribution in [3.05, 3.63) is 41.2 Å². The topological polar surface area (TPSA) is 127 Å². The summed E-state index contributed by atoms with van der Waals surface area (Å²) in [7, 11) is 0. The van der Waals surface area contributed by atoms with Crippen LogP contribution in [0.5, 0.6) is 0 Å². The Balaban J connectivity index is 1.24. The Bertz CT molecular complexity index is 1390. The molecule has 3 heterocycles. The molecule has 0 bridgehead atoms. The Morgan fingerprint density at radius 2 is 1.73 bits per heavy atom. The van der Waals surface area contributed by atoms with Gasteiger partial charge in [-0.3, -0.25) is 14.0 Å². The van der Waals surface area contributed by atoms with Gasteiger partial charge in [-0.2, -0.15) is 0 Å². The number of alkyl halides is 3. The standard InChI is InChI=1S/C27H32F3N7O3/c1-14-22(36-40-35-14)25(39)34-24(17-4-7-27(29,30)8-5-17)20-13-37-9-6-19(31-26(37)32-20)23(16-2-3-16)33-21(38)12-15-10-18(28)11-15/h6,9,13,15-18,23-24H,2-5,7-8,10-12H2,1H3,(H,33,38)(H,34,39)/t15?,18?,23-,24+/m1/s1. The normalized spacial score (nSPS) is 24.3. The lowest BCUT2D eigenvalue weighted by Crippen LogP contribution is -2.37. The van der Waals surface area contributed by atoms with Crippen LogP contribution in [-0.4, -0.2) is 48.6 Å². The van der Waals surface area contributed by atoms with E-state index >= 15 is 0 Å². The van der Waals surface area contributed by atoms with E-state index in [1.54, 1.807) is 23.7 Å². The molecule has 10 nitrogen and oxygen atoms in total. The summed E-state index contributed by atoms with van der Waals surface area (Å²) >= 11 is 0. The number of halogens is 3. The molecule has 2 N–H and O–H groups in total. The van der Waals surface area contributed by atoms with Gasteiger partial charge in [-0.25, -0.2) is 27.8 Å². The molecule has 6 rings (SSSR count). The highest BCUT2D eigenvalue weighted by Crippen LogP contribution is 2.43. The molecular formula is C27H32F3N7O3. The van der Waals surface area contributed by atoms with E-state index in [1.165, 1.54) is 0 Å². The fourth-order valence-electron chi connectivity index (χ4n) is 5.88. The Hall–Kier alpha value is -3.51. The number of hydrogen-bond acceptors (Lipinski definition) is 7. The van der Waals surface area contributed by atoms with Crippen LogP contribution in [0.25, 0.3) is 5.78 Å². The monoisotopic (exact) mass is 559 g/mol. The number of amides is 2. The molecule has 0 aliphatic heterocycles. The molecule has 2 amide bonds. The predicted octanol–water partition coefficient (Wildman–Crippen LogP) is 4.42. The lowest BCUT2D eigenvalue weighted by molar-refractivity contribution is -0.124. The smallest absolute Gasteiger partial charge is 0.276 e. The number of aryl methyl sites for hydroxylation is 1. The second-order valence-corrected chi connectivity index (χ2v) is 11.6. The maximum Gasteiger partial charge on any atom is 0.276 e. The van der Waals surface area contributed by atoms with E-state index in [0.29, 0.717) is 42.1 Å². The van der Waals surface area contributed by atoms with E-state index in [2.05, 4.69) is 25.6 Å². The van der Waals surface area contributed by atoms with Crippen molar-refractivity contribution >= 4 is 17.6 Å². The highest BCUT2D eigenvalue weighted by atomic mass is 19.3. The van der Waals surface area contributed by atoms with Crippen molar-refractivity contribution < 1.29 is 27.4 Å². The summed E-state index contributed by atoms with van der Waals surface area (Å²) in [6.07, 6.45) is 5.79. The van der Waals surface area contributed by atoms with Gasteiger partial charge in [0.15, 0.2) is 5.69 Å². The van der Waals surface area contributed by atoms with Crippen LogP contribution >= 0.6 is 0 Å². The molecule has 214 valence electrons. The molecule has 3 aromatic rings. The van der Waals surface area contributed by atoms with Gasteiger partial charge in [-0.05, 0) is 74.4 Å². The van der Waals surface area contributed by atoms with Gasteiger partial charge in [-0.1, -0.05) is 5.16 Å². The highest BCUT2D eigenvalue weighted by Gasteiger charge is 2.40. The van der Waals surface area contributed by atoms with Crippen LogP contribution in [0.4, 0.5) is 13.2 Å². The zero-order valence-corrected chi connectivity index (χ0v) is 22.2. The summed E-state index contributed by atoms with van der Waals surface area (Å²) < 4.78 is 47.5. The van der Waals surface area contributed by atoms with Gasteiger partial charge in [0, 0.05) is 31.7 Å². The third-order valence-electron chi connectivity index (χ3n) is 8.45. The number of carbonyl (C=O) groups excluding carboxylic acids is 2. The number of hydrogen-bond donors (Lipinski definition) is 2. The van der Waals surface area contributed by atoms with Crippen molar-refractivity contribution in [1.29, 1.82) is 0 Å². The summed E-state index contributed by atoms with van der Waals surface area (Å²) in [6, 6.07) is 0.921. The molecule has 0 spiro atoms. The molecule has 0 saturated heterocycles. The molecule has 0 aromatic carbocycles. The first-order valence-corrected chi connectivity index (χ1v) is 13.9. The van der Waals surface area contributed by atoms with Crippen LogP contribution in [0.2, 0.25) is 0 Å². The molecule has 3 aliphatic rings. The van der Waals surface area contributed by atoms with Crippen LogP contribution in [0.1, 0.15) is 97.4 Å². The summed E-state index contributed by atoms with van der Waals surface area (Å²) in [5.41, 5.74) is 1.53. The van der Waals surface area contributed by atoms with Crippen LogP contribution < -0.4 is 10.6 Å². The molecule has 13 heteroatoms. The molecule has 2 atom stereocenters. The van der Waals surface area contributed by atoms with E-state index in [9.17, 15) is 22.8 Å². The number of aromatic nitrogens is 5. The average Bonchev–Trinajstić information content (AvgIpc) is 3.50. The van der Waals surface area contributed by atoms with Crippen LogP contribution in [0.15, 0.2) is 23.1 Å². The molecule has 3 saturated carbocycles. The quantitative estimate of drug-likeness (QED) is 0.397. The maximum absolute atomic E-state index is 13.9. The minimum Gasteiger partial charge on any atom is -0.347 e. The van der Waals surface area contributed by atoms with Crippen molar-refractivity contribution in [3.8, 4) is 0 Å². The molecule has 0 radical (unpaired) electrons. The summed E-state index contributed by atoms with van der Waals surface area (Å²) in [6.45, 7) is 1.59. The van der Waals surface area contributed by atoms with Gasteiger partial charge in [0.05, 0.1) is 23.5 Å². The minimum atomic E-state index is -2.72. The second kappa shape index (κ2) is 10.5. The molecule has 0 unspecified atom stereocenters. The zero-order valence-electron chi connectivity index (χ0n) is 22.2. The van der Waals surface area contributed by atoms with Crippen molar-refractivity contribution in [3.63, 3.8) is 0 Å². The molecule has 3 fully saturated rings. The van der Waals surface area contributed by atoms with E-state index in [1.807, 2.05) is 6.07 Å². The number of rotatable bonds is 9. The lowest BCUT2D eigenvalue weighted by atomic mass is 9.81. The minimum absolute atomic E-state index is 0.0299. The Morgan fingerprint density at radius 1 is 1.05 bits per heavy atom. The van der Waals surface area contributed by atoms with Gasteiger partial charge in [-0.15, -0.1) is 0 Å². The van der Waals surface area contributed by atoms with E-state index in [4.69, 9.17) is 9.97 Å². The van der Waals surface area contributed by atoms with Crippen molar-refractivity contribution in [1.82, 2.24) is 35.3 Å². The summed E-state index contributed by atoms with van der Waals surface area (Å²) in [5.74, 6) is -2.86. The SMILES string of the molecule is Cc1nonc1C(=O)N[C@H](c1cn2ccc([C@H](NC(=O)CC3CC(F)C3)C3CC3)nc2n1)C1CCC(F)(F)CC1. The Labute approximate surface area is 228 Å². The van der Waals surface area contributed by atoms with Gasteiger partial charge in [0.1, 0.15) is 11.9 Å². The number of nitrogens with zero attached hydrogens (tertiary/aromatic N) is 5. The number of nitrogens with one attached hydrogen (secondary N) is 2. The average molecular weight is 560 g/mol. The first-order valence-electron chi connectivity index (χ1n) is 13.9. The van der Waals surface area contributed by atoms with Crippen LogP contribution in [0, 0.1) is 24.7 Å². The maximum atomic E-state index is 13.9. The molecular weight excluding hydrogens is 527 g/mol. The fraction of sp³-hybridized carbons (Fsp3) is 0.630. The van der Waals surface area contributed by atoms with Crippen molar-refractivity contribution in [2.45, 2.75) is 88.9 Å². The first-order chi connectivity index (χ1) is 19.1. The summed E-state index contributed by atoms with van der Waals surface area (Å²) in [4.78, 5) is 35.1. The number of fused-ring (bicyclic) bond motifs is 1. The van der Waals surface area contributed by atoms with Crippen molar-refractivity contribution in [2.24, 2.45) is 17.8 Å². The van der Waals surface area contributed by atoms with Gasteiger partial charge >= 0.3 is 0 Å². The third kappa shape index (κ3) is 5.68. The second-order valence-electron chi connectivity index (χ2n) is 11.6. The third-order valence-corrected chi connectivity index (χ3v) is 8.45. The molecule has 40 heavy (non-hydrogen) atoms. The van der Waals surface area contributed by atoms with Crippen LogP contribution in [-0.2, 0) is 4.79 Å². The lowest BCUT2D eigenvalue weighted by Gasteiger charge is -2.33. The first kappa shape index (κ1) is 26.7. The van der Waals surface area contributed by atoms with Gasteiger partial charge in [0.2, 0.25) is 17.6 Å². The predicted molar refractivity (Wildman–Crippen MR) is 135 cm³/mol. The fourth-order valence-corrected chi connectivity index (χ4v) is 5.88. The number of carbonyl (C=O) groups is 2. The summed E-state index contributed by atoms with van der Waals surface area (Å²) in [5, 5.41) is 13.4. The van der Waals surface area contributed by atoms with Crippen LogP contribution in [0.3, 0.4) is 0 Å².